The van der Waals surface area contributed by atoms with E-state index in [0.717, 1.165) is 19.5 Å². The van der Waals surface area contributed by atoms with Gasteiger partial charge in [0, 0.05) is 25.6 Å². The Labute approximate surface area is 111 Å². The lowest BCUT2D eigenvalue weighted by Crippen LogP contribution is -2.47. The third-order valence-electron chi connectivity index (χ3n) is 4.74. The molecule has 2 rings (SSSR count). The summed E-state index contributed by atoms with van der Waals surface area (Å²) >= 11 is 0. The summed E-state index contributed by atoms with van der Waals surface area (Å²) in [6, 6.07) is 0.141. The van der Waals surface area contributed by atoms with Gasteiger partial charge in [0.05, 0.1) is 0 Å². The second-order valence-electron chi connectivity index (χ2n) is 6.50. The number of likely N-dealkylation sites (tertiary alicyclic amines) is 1. The quantitative estimate of drug-likeness (QED) is 0.839. The summed E-state index contributed by atoms with van der Waals surface area (Å²) in [5, 5.41) is 0. The summed E-state index contributed by atoms with van der Waals surface area (Å²) in [5.41, 5.74) is 6.21. The lowest BCUT2D eigenvalue weighted by molar-refractivity contribution is -0.135. The maximum atomic E-state index is 12.2. The van der Waals surface area contributed by atoms with E-state index >= 15 is 0 Å². The molecule has 3 nitrogen and oxygen atoms in total. The highest BCUT2D eigenvalue weighted by Crippen LogP contribution is 2.43. The van der Waals surface area contributed by atoms with Crippen LogP contribution >= 0.6 is 0 Å². The minimum absolute atomic E-state index is 0.141. The highest BCUT2D eigenvalue weighted by molar-refractivity contribution is 5.76. The molecule has 104 valence electrons. The minimum atomic E-state index is 0.141. The molecule has 1 aliphatic carbocycles. The van der Waals surface area contributed by atoms with Crippen LogP contribution in [0.15, 0.2) is 0 Å². The first-order valence-corrected chi connectivity index (χ1v) is 7.65. The van der Waals surface area contributed by atoms with Crippen molar-refractivity contribution in [2.24, 2.45) is 11.1 Å². The molecule has 1 heterocycles. The van der Waals surface area contributed by atoms with Crippen LogP contribution in [0, 0.1) is 5.41 Å². The average molecular weight is 252 g/mol. The largest absolute Gasteiger partial charge is 0.342 e. The minimum Gasteiger partial charge on any atom is -0.342 e. The zero-order chi connectivity index (χ0) is 13.0. The summed E-state index contributed by atoms with van der Waals surface area (Å²) in [6.45, 7) is 3.97. The first kappa shape index (κ1) is 13.9. The predicted octanol–water partition coefficient (Wildman–Crippen LogP) is 2.69. The molecule has 18 heavy (non-hydrogen) atoms. The van der Waals surface area contributed by atoms with Gasteiger partial charge < -0.3 is 10.6 Å². The highest BCUT2D eigenvalue weighted by Gasteiger charge is 2.37. The molecule has 2 N–H and O–H groups in total. The van der Waals surface area contributed by atoms with Gasteiger partial charge in [0.15, 0.2) is 0 Å². The Kier molecular flexibility index (Phi) is 4.66. The van der Waals surface area contributed by atoms with E-state index in [2.05, 4.69) is 4.90 Å². The van der Waals surface area contributed by atoms with Gasteiger partial charge in [-0.15, -0.1) is 0 Å². The number of hydrogen-bond acceptors (Lipinski definition) is 2. The van der Waals surface area contributed by atoms with Crippen molar-refractivity contribution in [3.05, 3.63) is 0 Å². The van der Waals surface area contributed by atoms with Gasteiger partial charge in [0.2, 0.25) is 5.91 Å². The monoisotopic (exact) mass is 252 g/mol. The molecule has 1 atom stereocenters. The van der Waals surface area contributed by atoms with Gasteiger partial charge in [-0.2, -0.15) is 0 Å². The lowest BCUT2D eigenvalue weighted by Gasteiger charge is -2.45. The van der Waals surface area contributed by atoms with E-state index in [-0.39, 0.29) is 6.04 Å². The van der Waals surface area contributed by atoms with Crippen molar-refractivity contribution in [2.75, 3.05) is 13.1 Å². The van der Waals surface area contributed by atoms with Gasteiger partial charge in [-0.05, 0) is 44.4 Å². The summed E-state index contributed by atoms with van der Waals surface area (Å²) in [5.74, 6) is 0.331. The molecule has 0 aromatic heterocycles. The van der Waals surface area contributed by atoms with Crippen LogP contribution in [0.25, 0.3) is 0 Å². The third-order valence-corrected chi connectivity index (χ3v) is 4.74. The molecule has 3 heteroatoms. The predicted molar refractivity (Wildman–Crippen MR) is 74.2 cm³/mol. The molecule has 1 amide bonds. The van der Waals surface area contributed by atoms with E-state index < -0.39 is 0 Å². The van der Waals surface area contributed by atoms with Crippen molar-refractivity contribution in [3.8, 4) is 0 Å². The van der Waals surface area contributed by atoms with Gasteiger partial charge in [-0.1, -0.05) is 19.3 Å². The van der Waals surface area contributed by atoms with E-state index in [1.165, 1.54) is 44.9 Å². The maximum Gasteiger partial charge on any atom is 0.222 e. The van der Waals surface area contributed by atoms with E-state index in [9.17, 15) is 4.79 Å². The van der Waals surface area contributed by atoms with Crippen molar-refractivity contribution in [1.82, 2.24) is 4.90 Å². The molecule has 1 unspecified atom stereocenters. The highest BCUT2D eigenvalue weighted by atomic mass is 16.2. The molecule has 0 aromatic rings. The number of carbonyl (C=O) groups excluding carboxylic acids is 1. The fourth-order valence-electron chi connectivity index (χ4n) is 3.64. The molecule has 1 saturated heterocycles. The maximum absolute atomic E-state index is 12.2. The zero-order valence-electron chi connectivity index (χ0n) is 11.8. The van der Waals surface area contributed by atoms with Crippen molar-refractivity contribution >= 4 is 5.91 Å². The van der Waals surface area contributed by atoms with Crippen LogP contribution in [0.3, 0.4) is 0 Å². The van der Waals surface area contributed by atoms with Crippen molar-refractivity contribution in [2.45, 2.75) is 70.8 Å². The summed E-state index contributed by atoms with van der Waals surface area (Å²) < 4.78 is 0. The van der Waals surface area contributed by atoms with Crippen molar-refractivity contribution in [3.63, 3.8) is 0 Å². The first-order valence-electron chi connectivity index (χ1n) is 7.65. The number of nitrogens with zero attached hydrogens (tertiary/aromatic N) is 1. The van der Waals surface area contributed by atoms with E-state index in [1.54, 1.807) is 0 Å². The second kappa shape index (κ2) is 6.05. The standard InChI is InChI=1S/C15H28N2O/c1-13(16)6-7-14(18)17-11-5-10-15(12-17)8-3-2-4-9-15/h13H,2-12,16H2,1H3. The number of rotatable bonds is 3. The second-order valence-corrected chi connectivity index (χ2v) is 6.50. The molecule has 0 aromatic carbocycles. The van der Waals surface area contributed by atoms with E-state index in [1.807, 2.05) is 6.92 Å². The first-order chi connectivity index (χ1) is 8.61. The third kappa shape index (κ3) is 3.47. The molecule has 2 aliphatic rings. The van der Waals surface area contributed by atoms with Gasteiger partial charge >= 0.3 is 0 Å². The smallest absolute Gasteiger partial charge is 0.222 e. The van der Waals surface area contributed by atoms with E-state index in [0.29, 0.717) is 17.7 Å². The Morgan fingerprint density at radius 2 is 1.89 bits per heavy atom. The molecule has 1 spiro atoms. The molecule has 1 saturated carbocycles. The van der Waals surface area contributed by atoms with Crippen LogP contribution in [-0.2, 0) is 4.79 Å². The van der Waals surface area contributed by atoms with Crippen LogP contribution in [0.4, 0.5) is 0 Å². The fraction of sp³-hybridized carbons (Fsp3) is 0.933. The molecular formula is C15H28N2O. The normalized spacial score (nSPS) is 25.1. The van der Waals surface area contributed by atoms with Gasteiger partial charge in [-0.3, -0.25) is 4.79 Å². The average Bonchev–Trinajstić information content (AvgIpc) is 2.37. The number of amides is 1. The SMILES string of the molecule is CC(N)CCC(=O)N1CCCC2(CCCCC2)C1. The molecule has 0 bridgehead atoms. The molecule has 0 radical (unpaired) electrons. The van der Waals surface area contributed by atoms with Crippen LogP contribution in [-0.4, -0.2) is 29.9 Å². The number of piperidine rings is 1. The van der Waals surface area contributed by atoms with Crippen molar-refractivity contribution in [1.29, 1.82) is 0 Å². The Morgan fingerprint density at radius 1 is 1.22 bits per heavy atom. The Hall–Kier alpha value is -0.570. The van der Waals surface area contributed by atoms with Crippen LogP contribution < -0.4 is 5.73 Å². The Balaban J connectivity index is 1.87. The summed E-state index contributed by atoms with van der Waals surface area (Å²) in [7, 11) is 0. The topological polar surface area (TPSA) is 46.3 Å². The van der Waals surface area contributed by atoms with Crippen molar-refractivity contribution < 1.29 is 4.79 Å². The number of hydrogen-bond donors (Lipinski definition) is 1. The molecule has 1 aliphatic heterocycles. The van der Waals surface area contributed by atoms with Crippen LogP contribution in [0.2, 0.25) is 0 Å². The van der Waals surface area contributed by atoms with Crippen LogP contribution in [0.5, 0.6) is 0 Å². The zero-order valence-corrected chi connectivity index (χ0v) is 11.8. The van der Waals surface area contributed by atoms with E-state index in [4.69, 9.17) is 5.73 Å². The van der Waals surface area contributed by atoms with Gasteiger partial charge in [0.1, 0.15) is 0 Å². The number of nitrogens with two attached hydrogens (primary N) is 1. The molecule has 2 fully saturated rings. The van der Waals surface area contributed by atoms with Gasteiger partial charge in [0.25, 0.3) is 0 Å². The number of carbonyl (C=O) groups is 1. The summed E-state index contributed by atoms with van der Waals surface area (Å²) in [6.07, 6.45) is 10.8. The Bertz CT molecular complexity index is 277. The fourth-order valence-corrected chi connectivity index (χ4v) is 3.64. The van der Waals surface area contributed by atoms with Crippen LogP contribution in [0.1, 0.15) is 64.7 Å². The Morgan fingerprint density at radius 3 is 2.56 bits per heavy atom. The molecular weight excluding hydrogens is 224 g/mol. The summed E-state index contributed by atoms with van der Waals surface area (Å²) in [4.78, 5) is 14.3. The van der Waals surface area contributed by atoms with Gasteiger partial charge in [-0.25, -0.2) is 0 Å². The lowest BCUT2D eigenvalue weighted by atomic mass is 9.69.